The van der Waals surface area contributed by atoms with Crippen molar-refractivity contribution < 1.29 is 14.3 Å². The molecule has 164 valence electrons. The summed E-state index contributed by atoms with van der Waals surface area (Å²) in [5, 5.41) is 10.6. The van der Waals surface area contributed by atoms with Crippen molar-refractivity contribution in [2.24, 2.45) is 11.8 Å². The summed E-state index contributed by atoms with van der Waals surface area (Å²) in [6.07, 6.45) is 4.92. The topological polar surface area (TPSA) is 87.7 Å². The molecule has 2 aliphatic rings. The van der Waals surface area contributed by atoms with Crippen LogP contribution in [0.5, 0.6) is 5.75 Å². The molecule has 2 saturated heterocycles. The third-order valence-corrected chi connectivity index (χ3v) is 5.75. The molecule has 0 spiro atoms. The Balaban J connectivity index is 1.17. The Morgan fingerprint density at radius 1 is 1.10 bits per heavy atom. The molecule has 1 aromatic carbocycles. The van der Waals surface area contributed by atoms with Crippen LogP contribution in [-0.2, 0) is 9.59 Å². The molecule has 0 atom stereocenters. The third kappa shape index (κ3) is 5.31. The first-order valence-corrected chi connectivity index (χ1v) is 10.8. The summed E-state index contributed by atoms with van der Waals surface area (Å²) in [4.78, 5) is 28.5. The normalized spacial score (nSPS) is 16.6. The number of rotatable bonds is 8. The summed E-state index contributed by atoms with van der Waals surface area (Å²) in [6, 6.07) is 9.30. The number of benzene rings is 1. The lowest BCUT2D eigenvalue weighted by molar-refractivity contribution is -0.140. The molecule has 8 nitrogen and oxygen atoms in total. The predicted octanol–water partition coefficient (Wildman–Crippen LogP) is 2.58. The first-order valence-electron chi connectivity index (χ1n) is 10.8. The molecule has 0 bridgehead atoms. The van der Waals surface area contributed by atoms with Gasteiger partial charge in [0.2, 0.25) is 11.8 Å². The summed E-state index contributed by atoms with van der Waals surface area (Å²) in [5.74, 6) is 1.47. The van der Waals surface area contributed by atoms with E-state index in [4.69, 9.17) is 4.74 Å². The first-order chi connectivity index (χ1) is 15.0. The summed E-state index contributed by atoms with van der Waals surface area (Å²) >= 11 is 0. The molecule has 1 aromatic heterocycles. The number of nitrogens with zero attached hydrogens (tertiary/aromatic N) is 4. The van der Waals surface area contributed by atoms with E-state index in [1.54, 1.807) is 12.4 Å². The van der Waals surface area contributed by atoms with E-state index in [9.17, 15) is 9.59 Å². The maximum atomic E-state index is 12.5. The highest BCUT2D eigenvalue weighted by atomic mass is 16.5. The lowest BCUT2D eigenvalue weighted by Gasteiger charge is -2.39. The zero-order valence-corrected chi connectivity index (χ0v) is 18.0. The van der Waals surface area contributed by atoms with Gasteiger partial charge < -0.3 is 19.9 Å². The maximum Gasteiger partial charge on any atom is 0.231 e. The minimum atomic E-state index is -0.0433. The fourth-order valence-electron chi connectivity index (χ4n) is 3.67. The van der Waals surface area contributed by atoms with Gasteiger partial charge in [-0.3, -0.25) is 9.59 Å². The fourth-order valence-corrected chi connectivity index (χ4v) is 3.67. The second-order valence-corrected chi connectivity index (χ2v) is 8.69. The number of amides is 2. The van der Waals surface area contributed by atoms with Crippen LogP contribution < -0.4 is 15.0 Å². The number of anilines is 2. The average Bonchev–Trinajstić information content (AvgIpc) is 2.69. The zero-order valence-electron chi connectivity index (χ0n) is 18.0. The zero-order chi connectivity index (χ0) is 21.8. The van der Waals surface area contributed by atoms with Crippen molar-refractivity contribution >= 4 is 23.2 Å². The number of hydrogen-bond acceptors (Lipinski definition) is 6. The van der Waals surface area contributed by atoms with Crippen molar-refractivity contribution in [1.82, 2.24) is 15.1 Å². The van der Waals surface area contributed by atoms with Gasteiger partial charge in [-0.05, 0) is 42.7 Å². The Morgan fingerprint density at radius 2 is 1.84 bits per heavy atom. The van der Waals surface area contributed by atoms with Crippen LogP contribution in [0.25, 0.3) is 0 Å². The van der Waals surface area contributed by atoms with Crippen LogP contribution in [0.15, 0.2) is 42.7 Å². The molecule has 2 fully saturated rings. The van der Waals surface area contributed by atoms with E-state index >= 15 is 0 Å². The van der Waals surface area contributed by atoms with Crippen LogP contribution >= 0.6 is 0 Å². The van der Waals surface area contributed by atoms with Crippen molar-refractivity contribution in [3.63, 3.8) is 0 Å². The molecule has 2 amide bonds. The van der Waals surface area contributed by atoms with Crippen molar-refractivity contribution in [3.05, 3.63) is 42.7 Å². The molecule has 31 heavy (non-hydrogen) atoms. The van der Waals surface area contributed by atoms with Gasteiger partial charge in [0.25, 0.3) is 0 Å². The van der Waals surface area contributed by atoms with Gasteiger partial charge in [-0.1, -0.05) is 13.8 Å². The largest absolute Gasteiger partial charge is 0.487 e. The Kier molecular flexibility index (Phi) is 6.34. The Labute approximate surface area is 182 Å². The summed E-state index contributed by atoms with van der Waals surface area (Å²) in [5.41, 5.74) is 1.73. The smallest absolute Gasteiger partial charge is 0.231 e. The van der Waals surface area contributed by atoms with E-state index in [2.05, 4.69) is 34.3 Å². The number of likely N-dealkylation sites (tertiary alicyclic amines) is 1. The van der Waals surface area contributed by atoms with Gasteiger partial charge in [-0.25, -0.2) is 0 Å². The monoisotopic (exact) mass is 423 g/mol. The molecule has 1 N–H and O–H groups in total. The minimum Gasteiger partial charge on any atom is -0.487 e. The minimum absolute atomic E-state index is 0.0153. The molecule has 3 heterocycles. The van der Waals surface area contributed by atoms with Crippen LogP contribution in [0, 0.1) is 11.8 Å². The highest BCUT2D eigenvalue weighted by Gasteiger charge is 2.33. The van der Waals surface area contributed by atoms with Crippen LogP contribution in [0.4, 0.5) is 11.4 Å². The average molecular weight is 424 g/mol. The second kappa shape index (κ2) is 9.32. The molecular weight excluding hydrogens is 394 g/mol. The fraction of sp³-hybridized carbons (Fsp3) is 0.478. The van der Waals surface area contributed by atoms with E-state index in [1.165, 1.54) is 0 Å². The number of nitrogens with one attached hydrogen (secondary N) is 1. The second-order valence-electron chi connectivity index (χ2n) is 8.69. The van der Waals surface area contributed by atoms with Crippen LogP contribution in [0.2, 0.25) is 0 Å². The van der Waals surface area contributed by atoms with Gasteiger partial charge in [0, 0.05) is 25.2 Å². The van der Waals surface area contributed by atoms with E-state index in [1.807, 2.05) is 35.2 Å². The summed E-state index contributed by atoms with van der Waals surface area (Å²) < 4.78 is 5.93. The molecule has 8 heteroatoms. The molecule has 0 unspecified atom stereocenters. The molecule has 0 aliphatic carbocycles. The van der Waals surface area contributed by atoms with Crippen molar-refractivity contribution in [3.8, 4) is 5.75 Å². The molecule has 0 saturated carbocycles. The standard InChI is InChI=1S/C23H29N5O3/c1-16(2)3-8-22(29)28-14-21(15-28)31-20-6-4-18(5-7-20)26-23(30)17-12-27(13-17)19-9-10-24-25-11-19/h4-7,9-11,16-17,21H,3,8,12-15H2,1-2H3,(H,26,30). The third-order valence-electron chi connectivity index (χ3n) is 5.75. The van der Waals surface area contributed by atoms with E-state index < -0.39 is 0 Å². The van der Waals surface area contributed by atoms with Gasteiger partial charge in [-0.2, -0.15) is 10.2 Å². The predicted molar refractivity (Wildman–Crippen MR) is 118 cm³/mol. The molecule has 4 rings (SSSR count). The number of aromatic nitrogens is 2. The number of carbonyl (C=O) groups excluding carboxylic acids is 2. The molecule has 2 aromatic rings. The first kappa shape index (κ1) is 21.1. The molecule has 0 radical (unpaired) electrons. The van der Waals surface area contributed by atoms with Gasteiger partial charge in [0.05, 0.1) is 37.1 Å². The Bertz CT molecular complexity index is 891. The van der Waals surface area contributed by atoms with Gasteiger partial charge in [0.1, 0.15) is 11.9 Å². The van der Waals surface area contributed by atoms with E-state index in [0.29, 0.717) is 38.5 Å². The number of carbonyl (C=O) groups is 2. The lowest BCUT2D eigenvalue weighted by atomic mass is 9.98. The van der Waals surface area contributed by atoms with Crippen molar-refractivity contribution in [1.29, 1.82) is 0 Å². The quantitative estimate of drug-likeness (QED) is 0.702. The van der Waals surface area contributed by atoms with Gasteiger partial charge in [0.15, 0.2) is 0 Å². The SMILES string of the molecule is CC(C)CCC(=O)N1CC(Oc2ccc(NC(=O)C3CN(c4ccnnc4)C3)cc2)C1. The van der Waals surface area contributed by atoms with Crippen LogP contribution in [0.3, 0.4) is 0 Å². The molecule has 2 aliphatic heterocycles. The van der Waals surface area contributed by atoms with E-state index in [0.717, 1.165) is 23.5 Å². The summed E-state index contributed by atoms with van der Waals surface area (Å²) in [7, 11) is 0. The Hall–Kier alpha value is -3.16. The Morgan fingerprint density at radius 3 is 2.48 bits per heavy atom. The van der Waals surface area contributed by atoms with Crippen molar-refractivity contribution in [2.45, 2.75) is 32.8 Å². The highest BCUT2D eigenvalue weighted by Crippen LogP contribution is 2.25. The van der Waals surface area contributed by atoms with Gasteiger partial charge >= 0.3 is 0 Å². The molecular formula is C23H29N5O3. The number of hydrogen-bond donors (Lipinski definition) is 1. The van der Waals surface area contributed by atoms with Crippen molar-refractivity contribution in [2.75, 3.05) is 36.4 Å². The maximum absolute atomic E-state index is 12.5. The lowest BCUT2D eigenvalue weighted by Crippen LogP contribution is -2.56. The van der Waals surface area contributed by atoms with Crippen LogP contribution in [0.1, 0.15) is 26.7 Å². The highest BCUT2D eigenvalue weighted by molar-refractivity contribution is 5.94. The number of ether oxygens (including phenoxy) is 1. The van der Waals surface area contributed by atoms with Gasteiger partial charge in [-0.15, -0.1) is 0 Å². The summed E-state index contributed by atoms with van der Waals surface area (Å²) in [6.45, 7) is 6.88. The van der Waals surface area contributed by atoms with E-state index in [-0.39, 0.29) is 23.8 Å². The van der Waals surface area contributed by atoms with Crippen LogP contribution in [-0.4, -0.2) is 59.2 Å².